The van der Waals surface area contributed by atoms with Gasteiger partial charge in [-0.1, -0.05) is 56.7 Å². The van der Waals surface area contributed by atoms with E-state index in [2.05, 4.69) is 22.9 Å². The summed E-state index contributed by atoms with van der Waals surface area (Å²) in [7, 11) is 1.34. The van der Waals surface area contributed by atoms with Gasteiger partial charge in [-0.15, -0.1) is 0 Å². The van der Waals surface area contributed by atoms with E-state index in [9.17, 15) is 9.59 Å². The molecule has 0 unspecified atom stereocenters. The van der Waals surface area contributed by atoms with Gasteiger partial charge in [0, 0.05) is 28.7 Å². The van der Waals surface area contributed by atoms with Crippen molar-refractivity contribution in [3.63, 3.8) is 0 Å². The maximum atomic E-state index is 13.9. The van der Waals surface area contributed by atoms with E-state index in [1.165, 1.54) is 45.6 Å². The van der Waals surface area contributed by atoms with Crippen molar-refractivity contribution in [3.8, 4) is 0 Å². The second kappa shape index (κ2) is 11.5. The van der Waals surface area contributed by atoms with Crippen LogP contribution < -0.4 is 0 Å². The van der Waals surface area contributed by atoms with Crippen molar-refractivity contribution >= 4 is 45.8 Å². The molecule has 1 aliphatic heterocycles. The summed E-state index contributed by atoms with van der Waals surface area (Å²) < 4.78 is 12.6. The number of esters is 1. The predicted molar refractivity (Wildman–Crippen MR) is 155 cm³/mol. The second-order valence-electron chi connectivity index (χ2n) is 10.8. The lowest BCUT2D eigenvalue weighted by molar-refractivity contribution is -0.124. The molecular weight excluding hydrogens is 510 g/mol. The van der Waals surface area contributed by atoms with Gasteiger partial charge in [0.25, 0.3) is 5.91 Å². The van der Waals surface area contributed by atoms with Crippen LogP contribution in [0.25, 0.3) is 17.0 Å². The van der Waals surface area contributed by atoms with Gasteiger partial charge in [0.2, 0.25) is 5.76 Å². The van der Waals surface area contributed by atoms with E-state index >= 15 is 0 Å². The van der Waals surface area contributed by atoms with Crippen LogP contribution in [0.1, 0.15) is 86.1 Å². The summed E-state index contributed by atoms with van der Waals surface area (Å²) >= 11 is 1.55. The number of amidine groups is 1. The zero-order chi connectivity index (χ0) is 26.8. The molecule has 3 aliphatic rings. The van der Waals surface area contributed by atoms with Crippen LogP contribution in [0.2, 0.25) is 0 Å². The molecule has 0 atom stereocenters. The number of methoxy groups -OCH3 is 1. The number of benzene rings is 1. The highest BCUT2D eigenvalue weighted by molar-refractivity contribution is 8.18. The fourth-order valence-electron chi connectivity index (χ4n) is 6.11. The summed E-state index contributed by atoms with van der Waals surface area (Å²) in [4.78, 5) is 33.7. The van der Waals surface area contributed by atoms with Crippen molar-refractivity contribution in [1.82, 2.24) is 9.47 Å². The van der Waals surface area contributed by atoms with Crippen molar-refractivity contribution in [2.75, 3.05) is 7.11 Å². The molecule has 2 aromatic heterocycles. The van der Waals surface area contributed by atoms with Crippen molar-refractivity contribution in [3.05, 3.63) is 64.6 Å². The largest absolute Gasteiger partial charge is 0.463 e. The van der Waals surface area contributed by atoms with Gasteiger partial charge in [-0.05, 0) is 61.7 Å². The number of ether oxygens (including phenoxy) is 1. The second-order valence-corrected chi connectivity index (χ2v) is 11.8. The van der Waals surface area contributed by atoms with Gasteiger partial charge >= 0.3 is 5.97 Å². The highest BCUT2D eigenvalue weighted by Gasteiger charge is 2.39. The molecule has 2 saturated carbocycles. The number of aromatic nitrogens is 1. The average molecular weight is 546 g/mol. The molecule has 39 heavy (non-hydrogen) atoms. The lowest BCUT2D eigenvalue weighted by Crippen LogP contribution is -2.41. The number of carbonyl (C=O) groups excluding carboxylic acids is 2. The smallest absolute Gasteiger partial charge is 0.373 e. The van der Waals surface area contributed by atoms with Gasteiger partial charge in [0.15, 0.2) is 5.17 Å². The number of fused-ring (bicyclic) bond motifs is 1. The van der Waals surface area contributed by atoms with Crippen molar-refractivity contribution in [2.45, 2.75) is 82.8 Å². The molecule has 1 aromatic carbocycles. The molecule has 1 amide bonds. The summed E-state index contributed by atoms with van der Waals surface area (Å²) in [6.07, 6.45) is 15.8. The monoisotopic (exact) mass is 545 g/mol. The minimum atomic E-state index is -0.492. The van der Waals surface area contributed by atoms with E-state index in [1.54, 1.807) is 23.9 Å². The van der Waals surface area contributed by atoms with E-state index in [0.717, 1.165) is 52.2 Å². The molecule has 204 valence electrons. The quantitative estimate of drug-likeness (QED) is 0.246. The van der Waals surface area contributed by atoms with Gasteiger partial charge in [-0.25, -0.2) is 4.79 Å². The van der Waals surface area contributed by atoms with Crippen LogP contribution >= 0.6 is 11.8 Å². The minimum Gasteiger partial charge on any atom is -0.463 e. The number of hydrogen-bond donors (Lipinski definition) is 0. The van der Waals surface area contributed by atoms with Gasteiger partial charge in [0.1, 0.15) is 5.76 Å². The summed E-state index contributed by atoms with van der Waals surface area (Å²) in [5.74, 6) is 0.444. The van der Waals surface area contributed by atoms with Crippen LogP contribution in [-0.4, -0.2) is 45.7 Å². The molecule has 2 aliphatic carbocycles. The molecule has 0 bridgehead atoms. The maximum Gasteiger partial charge on any atom is 0.373 e. The van der Waals surface area contributed by atoms with Crippen molar-refractivity contribution in [2.24, 2.45) is 4.99 Å². The SMILES string of the molecule is COC(=O)c1ccc(Cn2cc(/C=C3\SC(=NC4CCCCC4)N(C4CCCCC4)C3=O)c3ccccc32)o1. The van der Waals surface area contributed by atoms with Gasteiger partial charge in [-0.2, -0.15) is 0 Å². The summed E-state index contributed by atoms with van der Waals surface area (Å²) in [5, 5.41) is 1.97. The molecule has 1 saturated heterocycles. The molecule has 3 aromatic rings. The van der Waals surface area contributed by atoms with Crippen LogP contribution in [0, 0.1) is 0 Å². The molecule has 3 fully saturated rings. The number of carbonyl (C=O) groups is 2. The Balaban J connectivity index is 1.33. The standard InChI is InChI=1S/C31H35N3O4S/c1-37-30(36)27-17-16-24(38-27)20-33-19-21(25-14-8-9-15-26(25)33)18-28-29(35)34(23-12-6-3-7-13-23)31(39-28)32-22-10-4-2-5-11-22/h8-9,14-19,22-23H,2-7,10-13,20H2,1H3/b28-18-,32-31?. The van der Waals surface area contributed by atoms with Crippen molar-refractivity contribution in [1.29, 1.82) is 0 Å². The average Bonchev–Trinajstić information content (AvgIpc) is 3.66. The summed E-state index contributed by atoms with van der Waals surface area (Å²) in [6.45, 7) is 0.463. The zero-order valence-electron chi connectivity index (χ0n) is 22.4. The van der Waals surface area contributed by atoms with Crippen LogP contribution in [-0.2, 0) is 16.1 Å². The predicted octanol–water partition coefficient (Wildman–Crippen LogP) is 7.01. The van der Waals surface area contributed by atoms with E-state index in [1.807, 2.05) is 23.1 Å². The highest BCUT2D eigenvalue weighted by Crippen LogP contribution is 2.39. The molecule has 0 spiro atoms. The number of thioether (sulfide) groups is 1. The first kappa shape index (κ1) is 26.0. The molecule has 3 heterocycles. The Kier molecular flexibility index (Phi) is 7.64. The fourth-order valence-corrected chi connectivity index (χ4v) is 7.21. The number of nitrogens with zero attached hydrogens (tertiary/aromatic N) is 3. The van der Waals surface area contributed by atoms with Crippen LogP contribution in [0.3, 0.4) is 0 Å². The van der Waals surface area contributed by atoms with E-state index in [-0.39, 0.29) is 17.7 Å². The number of rotatable bonds is 6. The topological polar surface area (TPSA) is 77.0 Å². The molecule has 8 heteroatoms. The highest BCUT2D eigenvalue weighted by atomic mass is 32.2. The van der Waals surface area contributed by atoms with Crippen LogP contribution in [0.4, 0.5) is 0 Å². The van der Waals surface area contributed by atoms with E-state index in [4.69, 9.17) is 14.1 Å². The Labute approximate surface area is 233 Å². The molecule has 6 rings (SSSR count). The third-order valence-electron chi connectivity index (χ3n) is 8.12. The maximum absolute atomic E-state index is 13.9. The normalized spacial score (nSPS) is 21.5. The molecule has 0 radical (unpaired) electrons. The van der Waals surface area contributed by atoms with E-state index in [0.29, 0.717) is 18.3 Å². The first-order valence-corrected chi connectivity index (χ1v) is 15.0. The number of para-hydroxylation sites is 1. The number of amides is 1. The lowest BCUT2D eigenvalue weighted by atomic mass is 9.94. The van der Waals surface area contributed by atoms with Gasteiger partial charge in [0.05, 0.1) is 24.6 Å². The third-order valence-corrected chi connectivity index (χ3v) is 9.12. The Morgan fingerprint density at radius 2 is 1.79 bits per heavy atom. The zero-order valence-corrected chi connectivity index (χ0v) is 23.3. The number of furan rings is 1. The first-order valence-electron chi connectivity index (χ1n) is 14.2. The minimum absolute atomic E-state index is 0.0899. The summed E-state index contributed by atoms with van der Waals surface area (Å²) in [6, 6.07) is 12.2. The Morgan fingerprint density at radius 3 is 2.56 bits per heavy atom. The van der Waals surface area contributed by atoms with E-state index < -0.39 is 5.97 Å². The molecule has 7 nitrogen and oxygen atoms in total. The van der Waals surface area contributed by atoms with Crippen molar-refractivity contribution < 1.29 is 18.7 Å². The fraction of sp³-hybridized carbons (Fsp3) is 0.452. The van der Waals surface area contributed by atoms with Gasteiger partial charge in [-0.3, -0.25) is 14.7 Å². The first-order chi connectivity index (χ1) is 19.1. The molecular formula is C31H35N3O4S. The van der Waals surface area contributed by atoms with Crippen LogP contribution in [0.15, 0.2) is 56.9 Å². The third kappa shape index (κ3) is 5.44. The lowest BCUT2D eigenvalue weighted by Gasteiger charge is -2.31. The number of aliphatic imine (C=N–C) groups is 1. The van der Waals surface area contributed by atoms with Gasteiger partial charge < -0.3 is 13.7 Å². The Hall–Kier alpha value is -3.26. The Morgan fingerprint density at radius 1 is 1.05 bits per heavy atom. The number of hydrogen-bond acceptors (Lipinski definition) is 6. The Bertz CT molecular complexity index is 1420. The molecule has 0 N–H and O–H groups in total. The van der Waals surface area contributed by atoms with Crippen LogP contribution in [0.5, 0.6) is 0 Å². The summed E-state index contributed by atoms with van der Waals surface area (Å²) in [5.41, 5.74) is 2.03.